The Hall–Kier alpha value is -2.54. The Morgan fingerprint density at radius 1 is 1.17 bits per heavy atom. The van der Waals surface area contributed by atoms with E-state index in [4.69, 9.17) is 4.74 Å². The van der Waals surface area contributed by atoms with Crippen molar-refractivity contribution in [3.8, 4) is 5.75 Å². The normalized spacial score (nSPS) is 11.6. The summed E-state index contributed by atoms with van der Waals surface area (Å²) in [5.41, 5.74) is 2.14. The molecule has 0 fully saturated rings. The quantitative estimate of drug-likeness (QED) is 0.716. The number of ether oxygens (including phenoxy) is 1. The summed E-state index contributed by atoms with van der Waals surface area (Å²) >= 11 is 0. The number of fused-ring (bicyclic) bond motifs is 1. The number of hydrogen-bond acceptors (Lipinski definition) is 4. The van der Waals surface area contributed by atoms with E-state index in [9.17, 15) is 8.42 Å². The van der Waals surface area contributed by atoms with E-state index in [1.165, 1.54) is 0 Å². The Labute approximate surface area is 140 Å². The first-order chi connectivity index (χ1) is 11.5. The molecule has 2 N–H and O–H groups in total. The molecule has 3 rings (SSSR count). The lowest BCUT2D eigenvalue weighted by atomic mass is 10.2. The zero-order chi connectivity index (χ0) is 17.2. The van der Waals surface area contributed by atoms with Crippen molar-refractivity contribution < 1.29 is 13.2 Å². The Bertz CT molecular complexity index is 947. The number of aromatic nitrogens is 2. The van der Waals surface area contributed by atoms with Crippen LogP contribution in [0, 0.1) is 6.92 Å². The zero-order valence-corrected chi connectivity index (χ0v) is 14.4. The summed E-state index contributed by atoms with van der Waals surface area (Å²) in [6, 6.07) is 10.1. The average molecular weight is 345 g/mol. The van der Waals surface area contributed by atoms with Gasteiger partial charge in [-0.05, 0) is 37.6 Å². The van der Waals surface area contributed by atoms with Gasteiger partial charge < -0.3 is 4.74 Å². The van der Waals surface area contributed by atoms with Gasteiger partial charge in [-0.1, -0.05) is 24.6 Å². The van der Waals surface area contributed by atoms with Crippen molar-refractivity contribution >= 4 is 26.6 Å². The lowest BCUT2D eigenvalue weighted by Crippen LogP contribution is -2.13. The maximum atomic E-state index is 12.6. The predicted octanol–water partition coefficient (Wildman–Crippen LogP) is 3.46. The Balaban J connectivity index is 1.95. The molecular formula is C17H19N3O3S. The van der Waals surface area contributed by atoms with Crippen LogP contribution in [0.4, 0.5) is 5.69 Å². The van der Waals surface area contributed by atoms with E-state index < -0.39 is 10.0 Å². The molecular weight excluding hydrogens is 326 g/mol. The minimum atomic E-state index is -3.66. The van der Waals surface area contributed by atoms with Crippen LogP contribution in [0.5, 0.6) is 5.75 Å². The molecule has 3 aromatic rings. The number of aromatic amines is 1. The predicted molar refractivity (Wildman–Crippen MR) is 93.9 cm³/mol. The molecule has 1 aromatic heterocycles. The minimum Gasteiger partial charge on any atom is -0.491 e. The van der Waals surface area contributed by atoms with Crippen molar-refractivity contribution in [3.63, 3.8) is 0 Å². The molecule has 6 nitrogen and oxygen atoms in total. The van der Waals surface area contributed by atoms with Gasteiger partial charge in [-0.15, -0.1) is 0 Å². The molecule has 0 aliphatic carbocycles. The smallest absolute Gasteiger partial charge is 0.261 e. The second-order valence-corrected chi connectivity index (χ2v) is 7.22. The second kappa shape index (κ2) is 6.52. The molecule has 0 saturated heterocycles. The van der Waals surface area contributed by atoms with Crippen LogP contribution < -0.4 is 9.46 Å². The standard InChI is InChI=1S/C17H19N3O3S/c1-3-10-23-16-9-8-15(14-11-18-19-17(14)16)20-24(21,22)13-6-4-12(2)5-7-13/h4-9,11,20H,3,10H2,1-2H3,(H,18,19). The van der Waals surface area contributed by atoms with Crippen LogP contribution in [0.1, 0.15) is 18.9 Å². The van der Waals surface area contributed by atoms with Crippen LogP contribution in [0.3, 0.4) is 0 Å². The van der Waals surface area contributed by atoms with Gasteiger partial charge in [0.25, 0.3) is 10.0 Å². The Morgan fingerprint density at radius 3 is 2.62 bits per heavy atom. The van der Waals surface area contributed by atoms with Crippen molar-refractivity contribution in [2.24, 2.45) is 0 Å². The lowest BCUT2D eigenvalue weighted by Gasteiger charge is -2.11. The van der Waals surface area contributed by atoms with E-state index in [0.29, 0.717) is 28.9 Å². The van der Waals surface area contributed by atoms with Gasteiger partial charge in [0, 0.05) is 5.39 Å². The van der Waals surface area contributed by atoms with E-state index in [0.717, 1.165) is 12.0 Å². The van der Waals surface area contributed by atoms with Gasteiger partial charge in [0.2, 0.25) is 0 Å². The Kier molecular flexibility index (Phi) is 4.44. The summed E-state index contributed by atoms with van der Waals surface area (Å²) in [6.07, 6.45) is 2.47. The lowest BCUT2D eigenvalue weighted by molar-refractivity contribution is 0.320. The van der Waals surface area contributed by atoms with Gasteiger partial charge in [-0.25, -0.2) is 8.42 Å². The number of hydrogen-bond donors (Lipinski definition) is 2. The highest BCUT2D eigenvalue weighted by Gasteiger charge is 2.17. The maximum Gasteiger partial charge on any atom is 0.261 e. The van der Waals surface area contributed by atoms with Crippen molar-refractivity contribution in [1.82, 2.24) is 10.2 Å². The topological polar surface area (TPSA) is 84.1 Å². The summed E-state index contributed by atoms with van der Waals surface area (Å²) in [5.74, 6) is 0.655. The highest BCUT2D eigenvalue weighted by Crippen LogP contribution is 2.31. The van der Waals surface area contributed by atoms with E-state index in [2.05, 4.69) is 14.9 Å². The molecule has 0 aliphatic rings. The monoisotopic (exact) mass is 345 g/mol. The van der Waals surface area contributed by atoms with Gasteiger partial charge in [0.15, 0.2) is 0 Å². The van der Waals surface area contributed by atoms with E-state index in [1.807, 2.05) is 13.8 Å². The highest BCUT2D eigenvalue weighted by atomic mass is 32.2. The number of anilines is 1. The van der Waals surface area contributed by atoms with Crippen molar-refractivity contribution in [1.29, 1.82) is 0 Å². The van der Waals surface area contributed by atoms with Crippen molar-refractivity contribution in [2.75, 3.05) is 11.3 Å². The summed E-state index contributed by atoms with van der Waals surface area (Å²) in [6.45, 7) is 4.52. The molecule has 0 aliphatic heterocycles. The Morgan fingerprint density at radius 2 is 1.92 bits per heavy atom. The van der Waals surface area contributed by atoms with Crippen LogP contribution in [-0.2, 0) is 10.0 Å². The van der Waals surface area contributed by atoms with E-state index >= 15 is 0 Å². The van der Waals surface area contributed by atoms with Crippen LogP contribution in [-0.4, -0.2) is 25.2 Å². The van der Waals surface area contributed by atoms with Crippen LogP contribution in [0.25, 0.3) is 10.9 Å². The first-order valence-corrected chi connectivity index (χ1v) is 9.18. The molecule has 1 heterocycles. The third kappa shape index (κ3) is 3.21. The molecule has 7 heteroatoms. The summed E-state index contributed by atoms with van der Waals surface area (Å²) < 4.78 is 33.4. The average Bonchev–Trinajstić information content (AvgIpc) is 3.04. The largest absolute Gasteiger partial charge is 0.491 e. The fourth-order valence-electron chi connectivity index (χ4n) is 2.35. The number of nitrogens with zero attached hydrogens (tertiary/aromatic N) is 1. The minimum absolute atomic E-state index is 0.219. The summed E-state index contributed by atoms with van der Waals surface area (Å²) in [4.78, 5) is 0.219. The summed E-state index contributed by atoms with van der Waals surface area (Å²) in [5, 5.41) is 7.53. The maximum absolute atomic E-state index is 12.6. The number of aryl methyl sites for hydroxylation is 1. The third-order valence-corrected chi connectivity index (χ3v) is 5.00. The molecule has 0 radical (unpaired) electrons. The zero-order valence-electron chi connectivity index (χ0n) is 13.5. The van der Waals surface area contributed by atoms with Crippen molar-refractivity contribution in [3.05, 3.63) is 48.2 Å². The molecule has 0 spiro atoms. The number of nitrogens with one attached hydrogen (secondary N) is 2. The molecule has 0 bridgehead atoms. The molecule has 0 saturated carbocycles. The SMILES string of the molecule is CCCOc1ccc(NS(=O)(=O)c2ccc(C)cc2)c2cn[nH]c12. The van der Waals surface area contributed by atoms with Gasteiger partial charge in [0.1, 0.15) is 11.3 Å². The number of sulfonamides is 1. The molecule has 24 heavy (non-hydrogen) atoms. The molecule has 0 amide bonds. The fraction of sp³-hybridized carbons (Fsp3) is 0.235. The van der Waals surface area contributed by atoms with Gasteiger partial charge in [0.05, 0.1) is 23.4 Å². The van der Waals surface area contributed by atoms with Crippen LogP contribution in [0.2, 0.25) is 0 Å². The van der Waals surface area contributed by atoms with E-state index in [1.54, 1.807) is 42.6 Å². The van der Waals surface area contributed by atoms with Crippen LogP contribution in [0.15, 0.2) is 47.5 Å². The molecule has 0 unspecified atom stereocenters. The molecule has 0 atom stereocenters. The highest BCUT2D eigenvalue weighted by molar-refractivity contribution is 7.92. The fourth-order valence-corrected chi connectivity index (χ4v) is 3.43. The van der Waals surface area contributed by atoms with Crippen molar-refractivity contribution in [2.45, 2.75) is 25.2 Å². The van der Waals surface area contributed by atoms with Crippen LogP contribution >= 0.6 is 0 Å². The number of rotatable bonds is 6. The third-order valence-electron chi connectivity index (χ3n) is 3.61. The first kappa shape index (κ1) is 16.3. The van der Waals surface area contributed by atoms with E-state index in [-0.39, 0.29) is 4.90 Å². The van der Waals surface area contributed by atoms with Gasteiger partial charge in [-0.2, -0.15) is 5.10 Å². The second-order valence-electron chi connectivity index (χ2n) is 5.54. The number of H-pyrrole nitrogens is 1. The van der Waals surface area contributed by atoms with Gasteiger partial charge in [-0.3, -0.25) is 9.82 Å². The summed E-state index contributed by atoms with van der Waals surface area (Å²) in [7, 11) is -3.66. The first-order valence-electron chi connectivity index (χ1n) is 7.69. The number of benzene rings is 2. The molecule has 2 aromatic carbocycles. The molecule has 126 valence electrons. The van der Waals surface area contributed by atoms with Gasteiger partial charge >= 0.3 is 0 Å².